The minimum Gasteiger partial charge on any atom is -0.380 e. The van der Waals surface area contributed by atoms with E-state index in [1.165, 1.54) is 19.3 Å². The third kappa shape index (κ3) is 3.53. The Morgan fingerprint density at radius 1 is 1.33 bits per heavy atom. The molecule has 2 rings (SSSR count). The van der Waals surface area contributed by atoms with Gasteiger partial charge in [-0.3, -0.25) is 15.0 Å². The molecule has 0 spiro atoms. The van der Waals surface area contributed by atoms with Gasteiger partial charge in [0.15, 0.2) is 0 Å². The highest BCUT2D eigenvalue weighted by Gasteiger charge is 2.26. The number of nitro groups is 1. The summed E-state index contributed by atoms with van der Waals surface area (Å²) in [4.78, 5) is 13.4. The van der Waals surface area contributed by atoms with Crippen molar-refractivity contribution in [3.05, 3.63) is 33.9 Å². The summed E-state index contributed by atoms with van der Waals surface area (Å²) in [6.45, 7) is 7.92. The van der Waals surface area contributed by atoms with E-state index in [0.717, 1.165) is 12.1 Å². The largest absolute Gasteiger partial charge is 0.380 e. The average molecular weight is 291 g/mol. The lowest BCUT2D eigenvalue weighted by atomic mass is 9.96. The summed E-state index contributed by atoms with van der Waals surface area (Å²) in [6.07, 6.45) is 3.68. The second kappa shape index (κ2) is 6.89. The van der Waals surface area contributed by atoms with Crippen molar-refractivity contribution in [2.24, 2.45) is 0 Å². The van der Waals surface area contributed by atoms with Gasteiger partial charge in [-0.25, -0.2) is 0 Å². The molecule has 0 unspecified atom stereocenters. The first-order valence-corrected chi connectivity index (χ1v) is 7.80. The first-order chi connectivity index (χ1) is 10.0. The lowest BCUT2D eigenvalue weighted by Gasteiger charge is -2.39. The average Bonchev–Trinajstić information content (AvgIpc) is 2.44. The maximum Gasteiger partial charge on any atom is 0.292 e. The van der Waals surface area contributed by atoms with Crippen molar-refractivity contribution in [1.29, 1.82) is 0 Å². The Balaban J connectivity index is 2.30. The predicted molar refractivity (Wildman–Crippen MR) is 85.6 cm³/mol. The first kappa shape index (κ1) is 15.8. The Bertz CT molecular complexity index is 494. The van der Waals surface area contributed by atoms with E-state index in [0.29, 0.717) is 24.3 Å². The van der Waals surface area contributed by atoms with E-state index in [1.807, 2.05) is 13.0 Å². The minimum absolute atomic E-state index is 0.173. The van der Waals surface area contributed by atoms with Gasteiger partial charge in [0.2, 0.25) is 0 Å². The SMILES string of the molecule is CCNc1c(CN2[C@H](C)CCC[C@@H]2C)cccc1[N+](=O)[O-]. The molecule has 1 N–H and O–H groups in total. The number of hydrogen-bond acceptors (Lipinski definition) is 4. The fourth-order valence-corrected chi connectivity index (χ4v) is 3.23. The highest BCUT2D eigenvalue weighted by Crippen LogP contribution is 2.32. The van der Waals surface area contributed by atoms with Gasteiger partial charge in [-0.2, -0.15) is 0 Å². The molecule has 5 heteroatoms. The number of benzene rings is 1. The standard InChI is InChI=1S/C16H25N3O2/c1-4-17-16-14(9-6-10-15(16)19(20)21)11-18-12(2)7-5-8-13(18)3/h6,9-10,12-13,17H,4-5,7-8,11H2,1-3H3/t12-,13+. The molecule has 1 heterocycles. The normalized spacial score (nSPS) is 23.0. The van der Waals surface area contributed by atoms with Crippen molar-refractivity contribution >= 4 is 11.4 Å². The molecule has 0 aromatic heterocycles. The molecule has 1 aliphatic rings. The molecule has 0 saturated carbocycles. The lowest BCUT2D eigenvalue weighted by molar-refractivity contribution is -0.384. The number of rotatable bonds is 5. The molecule has 0 radical (unpaired) electrons. The molecule has 2 atom stereocenters. The number of para-hydroxylation sites is 1. The van der Waals surface area contributed by atoms with Gasteiger partial charge in [0, 0.05) is 31.2 Å². The van der Waals surface area contributed by atoms with E-state index in [4.69, 9.17) is 0 Å². The fraction of sp³-hybridized carbons (Fsp3) is 0.625. The van der Waals surface area contributed by atoms with E-state index < -0.39 is 0 Å². The van der Waals surface area contributed by atoms with Gasteiger partial charge in [-0.1, -0.05) is 18.6 Å². The number of likely N-dealkylation sites (tertiary alicyclic amines) is 1. The Hall–Kier alpha value is -1.62. The Morgan fingerprint density at radius 2 is 2.00 bits per heavy atom. The fourth-order valence-electron chi connectivity index (χ4n) is 3.23. The van der Waals surface area contributed by atoms with Crippen LogP contribution in [-0.2, 0) is 6.54 Å². The Kier molecular flexibility index (Phi) is 5.17. The van der Waals surface area contributed by atoms with Gasteiger partial charge >= 0.3 is 0 Å². The van der Waals surface area contributed by atoms with E-state index in [-0.39, 0.29) is 10.6 Å². The number of nitrogens with zero attached hydrogens (tertiary/aromatic N) is 2. The van der Waals surface area contributed by atoms with Crippen LogP contribution in [0.3, 0.4) is 0 Å². The lowest BCUT2D eigenvalue weighted by Crippen LogP contribution is -2.43. The predicted octanol–water partition coefficient (Wildman–Crippen LogP) is 3.79. The van der Waals surface area contributed by atoms with E-state index >= 15 is 0 Å². The van der Waals surface area contributed by atoms with Crippen LogP contribution in [0.2, 0.25) is 0 Å². The highest BCUT2D eigenvalue weighted by atomic mass is 16.6. The van der Waals surface area contributed by atoms with Crippen molar-refractivity contribution in [1.82, 2.24) is 4.90 Å². The summed E-state index contributed by atoms with van der Waals surface area (Å²) in [6, 6.07) is 6.42. The number of anilines is 1. The molecule has 0 amide bonds. The van der Waals surface area contributed by atoms with Gasteiger partial charge in [0.05, 0.1) is 4.92 Å². The quantitative estimate of drug-likeness (QED) is 0.662. The number of piperidine rings is 1. The molecular weight excluding hydrogens is 266 g/mol. The van der Waals surface area contributed by atoms with Crippen LogP contribution < -0.4 is 5.32 Å². The van der Waals surface area contributed by atoms with Crippen LogP contribution in [0.5, 0.6) is 0 Å². The van der Waals surface area contributed by atoms with Gasteiger partial charge in [0.1, 0.15) is 5.69 Å². The molecule has 1 aromatic rings. The zero-order valence-electron chi connectivity index (χ0n) is 13.1. The third-order valence-corrected chi connectivity index (χ3v) is 4.41. The minimum atomic E-state index is -0.301. The smallest absolute Gasteiger partial charge is 0.292 e. The van der Waals surface area contributed by atoms with Crippen LogP contribution >= 0.6 is 0 Å². The van der Waals surface area contributed by atoms with Crippen molar-refractivity contribution in [2.45, 2.75) is 58.7 Å². The zero-order valence-corrected chi connectivity index (χ0v) is 13.1. The molecular formula is C16H25N3O2. The summed E-state index contributed by atoms with van der Waals surface area (Å²) in [7, 11) is 0. The molecule has 1 aliphatic heterocycles. The van der Waals surface area contributed by atoms with Gasteiger partial charge in [-0.05, 0) is 39.2 Å². The first-order valence-electron chi connectivity index (χ1n) is 7.80. The van der Waals surface area contributed by atoms with Crippen molar-refractivity contribution < 1.29 is 4.92 Å². The molecule has 1 aromatic carbocycles. The van der Waals surface area contributed by atoms with Crippen molar-refractivity contribution in [2.75, 3.05) is 11.9 Å². The molecule has 0 bridgehead atoms. The highest BCUT2D eigenvalue weighted by molar-refractivity contribution is 5.66. The molecule has 21 heavy (non-hydrogen) atoms. The second-order valence-electron chi connectivity index (χ2n) is 5.90. The van der Waals surface area contributed by atoms with Crippen molar-refractivity contribution in [3.8, 4) is 0 Å². The van der Waals surface area contributed by atoms with Crippen LogP contribution in [0, 0.1) is 10.1 Å². The molecule has 0 aliphatic carbocycles. The van der Waals surface area contributed by atoms with Crippen LogP contribution in [0.15, 0.2) is 18.2 Å². The zero-order chi connectivity index (χ0) is 15.4. The maximum atomic E-state index is 11.2. The Morgan fingerprint density at radius 3 is 2.57 bits per heavy atom. The number of nitro benzene ring substituents is 1. The maximum absolute atomic E-state index is 11.2. The summed E-state index contributed by atoms with van der Waals surface area (Å²) in [5.74, 6) is 0. The summed E-state index contributed by atoms with van der Waals surface area (Å²) >= 11 is 0. The van der Waals surface area contributed by atoms with Crippen molar-refractivity contribution in [3.63, 3.8) is 0 Å². The van der Waals surface area contributed by atoms with E-state index in [2.05, 4.69) is 24.1 Å². The second-order valence-corrected chi connectivity index (χ2v) is 5.90. The number of hydrogen-bond donors (Lipinski definition) is 1. The molecule has 1 fully saturated rings. The van der Waals surface area contributed by atoms with E-state index in [1.54, 1.807) is 12.1 Å². The van der Waals surface area contributed by atoms with Gasteiger partial charge < -0.3 is 5.32 Å². The van der Waals surface area contributed by atoms with E-state index in [9.17, 15) is 10.1 Å². The van der Waals surface area contributed by atoms with Gasteiger partial charge in [0.25, 0.3) is 5.69 Å². The van der Waals surface area contributed by atoms with Crippen LogP contribution in [0.25, 0.3) is 0 Å². The van der Waals surface area contributed by atoms with Crippen LogP contribution in [0.4, 0.5) is 11.4 Å². The summed E-state index contributed by atoms with van der Waals surface area (Å²) in [5, 5.41) is 14.4. The summed E-state index contributed by atoms with van der Waals surface area (Å²) < 4.78 is 0. The topological polar surface area (TPSA) is 58.4 Å². The molecule has 1 saturated heterocycles. The molecule has 116 valence electrons. The monoisotopic (exact) mass is 291 g/mol. The number of nitrogens with one attached hydrogen (secondary N) is 1. The molecule has 5 nitrogen and oxygen atoms in total. The van der Waals surface area contributed by atoms with Gasteiger partial charge in [-0.15, -0.1) is 0 Å². The summed E-state index contributed by atoms with van der Waals surface area (Å²) in [5.41, 5.74) is 1.87. The Labute approximate surface area is 126 Å². The third-order valence-electron chi connectivity index (χ3n) is 4.41. The van der Waals surface area contributed by atoms with Crippen LogP contribution in [0.1, 0.15) is 45.6 Å². The van der Waals surface area contributed by atoms with Crippen LogP contribution in [-0.4, -0.2) is 28.5 Å².